The molecule has 2 nitrogen and oxygen atoms in total. The zero-order valence-electron chi connectivity index (χ0n) is 9.79. The number of hydrogen-bond donors (Lipinski definition) is 2. The molecule has 0 amide bonds. The predicted octanol–water partition coefficient (Wildman–Crippen LogP) is 2.16. The average molecular weight is 199 g/mol. The first-order chi connectivity index (χ1) is 6.49. The summed E-state index contributed by atoms with van der Waals surface area (Å²) in [7, 11) is 0. The lowest BCUT2D eigenvalue weighted by Gasteiger charge is -2.43. The first kappa shape index (κ1) is 12.0. The fourth-order valence-electron chi connectivity index (χ4n) is 2.69. The van der Waals surface area contributed by atoms with Crippen molar-refractivity contribution in [3.8, 4) is 0 Å². The van der Waals surface area contributed by atoms with E-state index in [0.717, 1.165) is 0 Å². The third-order valence-corrected chi connectivity index (χ3v) is 3.96. The molecular weight excluding hydrogens is 174 g/mol. The van der Waals surface area contributed by atoms with Gasteiger partial charge in [0.2, 0.25) is 0 Å². The van der Waals surface area contributed by atoms with E-state index in [1.807, 2.05) is 0 Å². The Morgan fingerprint density at radius 3 is 2.57 bits per heavy atom. The van der Waals surface area contributed by atoms with Gasteiger partial charge in [0.1, 0.15) is 0 Å². The molecule has 84 valence electrons. The third kappa shape index (κ3) is 2.48. The van der Waals surface area contributed by atoms with Crippen molar-refractivity contribution in [2.45, 2.75) is 52.6 Å². The van der Waals surface area contributed by atoms with Crippen molar-refractivity contribution in [3.63, 3.8) is 0 Å². The molecule has 14 heavy (non-hydrogen) atoms. The fourth-order valence-corrected chi connectivity index (χ4v) is 2.69. The van der Waals surface area contributed by atoms with Crippen LogP contribution in [0.3, 0.4) is 0 Å². The molecule has 1 rings (SSSR count). The Balaban J connectivity index is 2.64. The maximum atomic E-state index is 10.2. The van der Waals surface area contributed by atoms with Crippen molar-refractivity contribution in [3.05, 3.63) is 0 Å². The second-order valence-corrected chi connectivity index (χ2v) is 5.54. The van der Waals surface area contributed by atoms with Crippen LogP contribution < -0.4 is 5.73 Å². The van der Waals surface area contributed by atoms with Crippen molar-refractivity contribution >= 4 is 0 Å². The predicted molar refractivity (Wildman–Crippen MR) is 60.0 cm³/mol. The molecule has 0 aromatic carbocycles. The van der Waals surface area contributed by atoms with Gasteiger partial charge in [0.25, 0.3) is 0 Å². The van der Waals surface area contributed by atoms with E-state index in [4.69, 9.17) is 5.73 Å². The standard InChI is InChI=1S/C12H25NO/c1-9(8-13)11(14)10-6-4-5-7-12(10,2)3/h9-11,14H,4-8,13H2,1-3H3. The highest BCUT2D eigenvalue weighted by Gasteiger charge is 2.38. The van der Waals surface area contributed by atoms with Crippen LogP contribution in [-0.4, -0.2) is 17.8 Å². The van der Waals surface area contributed by atoms with Gasteiger partial charge in [-0.05, 0) is 36.6 Å². The van der Waals surface area contributed by atoms with Gasteiger partial charge in [-0.3, -0.25) is 0 Å². The van der Waals surface area contributed by atoms with Gasteiger partial charge >= 0.3 is 0 Å². The lowest BCUT2D eigenvalue weighted by molar-refractivity contribution is -0.0224. The van der Waals surface area contributed by atoms with Crippen molar-refractivity contribution in [1.29, 1.82) is 0 Å². The highest BCUT2D eigenvalue weighted by Crippen LogP contribution is 2.43. The summed E-state index contributed by atoms with van der Waals surface area (Å²) >= 11 is 0. The number of hydrogen-bond acceptors (Lipinski definition) is 2. The maximum Gasteiger partial charge on any atom is 0.0611 e. The van der Waals surface area contributed by atoms with Gasteiger partial charge in [0, 0.05) is 0 Å². The van der Waals surface area contributed by atoms with Crippen LogP contribution in [0.5, 0.6) is 0 Å². The first-order valence-corrected chi connectivity index (χ1v) is 5.87. The Morgan fingerprint density at radius 2 is 2.07 bits per heavy atom. The highest BCUT2D eigenvalue weighted by atomic mass is 16.3. The van der Waals surface area contributed by atoms with E-state index in [0.29, 0.717) is 17.9 Å². The molecule has 0 bridgehead atoms. The number of aliphatic hydroxyl groups excluding tert-OH is 1. The summed E-state index contributed by atoms with van der Waals surface area (Å²) in [5.41, 5.74) is 5.90. The largest absolute Gasteiger partial charge is 0.392 e. The molecule has 0 aromatic heterocycles. The average Bonchev–Trinajstić information content (AvgIpc) is 2.15. The second kappa shape index (κ2) is 4.63. The van der Waals surface area contributed by atoms with Crippen LogP contribution in [0.2, 0.25) is 0 Å². The van der Waals surface area contributed by atoms with Gasteiger partial charge in [-0.25, -0.2) is 0 Å². The van der Waals surface area contributed by atoms with E-state index >= 15 is 0 Å². The first-order valence-electron chi connectivity index (χ1n) is 5.87. The number of rotatable bonds is 3. The van der Waals surface area contributed by atoms with Crippen LogP contribution >= 0.6 is 0 Å². The smallest absolute Gasteiger partial charge is 0.0611 e. The van der Waals surface area contributed by atoms with Crippen molar-refractivity contribution < 1.29 is 5.11 Å². The van der Waals surface area contributed by atoms with Crippen molar-refractivity contribution in [2.75, 3.05) is 6.54 Å². The Labute approximate surface area is 87.9 Å². The Hall–Kier alpha value is -0.0800. The summed E-state index contributed by atoms with van der Waals surface area (Å²) < 4.78 is 0. The molecule has 0 radical (unpaired) electrons. The normalized spacial score (nSPS) is 31.1. The Kier molecular flexibility index (Phi) is 3.96. The van der Waals surface area contributed by atoms with Crippen molar-refractivity contribution in [1.82, 2.24) is 0 Å². The topological polar surface area (TPSA) is 46.2 Å². The summed E-state index contributed by atoms with van der Waals surface area (Å²) in [6.45, 7) is 7.20. The van der Waals surface area contributed by atoms with Gasteiger partial charge in [0.05, 0.1) is 6.10 Å². The lowest BCUT2D eigenvalue weighted by atomic mass is 9.65. The molecule has 1 aliphatic carbocycles. The van der Waals surface area contributed by atoms with Crippen LogP contribution in [0.15, 0.2) is 0 Å². The molecule has 3 atom stereocenters. The Morgan fingerprint density at radius 1 is 1.43 bits per heavy atom. The molecule has 3 unspecified atom stereocenters. The molecule has 0 spiro atoms. The highest BCUT2D eigenvalue weighted by molar-refractivity contribution is 4.88. The monoisotopic (exact) mass is 199 g/mol. The number of aliphatic hydroxyl groups is 1. The van der Waals surface area contributed by atoms with Gasteiger partial charge in [-0.1, -0.05) is 33.6 Å². The molecule has 0 heterocycles. The van der Waals surface area contributed by atoms with Crippen LogP contribution in [0.25, 0.3) is 0 Å². The summed E-state index contributed by atoms with van der Waals surface area (Å²) in [6.07, 6.45) is 4.77. The van der Waals surface area contributed by atoms with E-state index < -0.39 is 0 Å². The molecule has 2 heteroatoms. The van der Waals surface area contributed by atoms with E-state index in [1.165, 1.54) is 25.7 Å². The van der Waals surface area contributed by atoms with Gasteiger partial charge < -0.3 is 10.8 Å². The molecule has 0 saturated heterocycles. The van der Waals surface area contributed by atoms with E-state index in [2.05, 4.69) is 20.8 Å². The summed E-state index contributed by atoms with van der Waals surface area (Å²) in [4.78, 5) is 0. The van der Waals surface area contributed by atoms with Crippen LogP contribution in [0.1, 0.15) is 46.5 Å². The molecule has 1 aliphatic rings. The fraction of sp³-hybridized carbons (Fsp3) is 1.00. The molecule has 1 fully saturated rings. The van der Waals surface area contributed by atoms with E-state index in [9.17, 15) is 5.11 Å². The van der Waals surface area contributed by atoms with Gasteiger partial charge in [0.15, 0.2) is 0 Å². The summed E-state index contributed by atoms with van der Waals surface area (Å²) in [5.74, 6) is 0.673. The van der Waals surface area contributed by atoms with Crippen LogP contribution in [0, 0.1) is 17.3 Å². The zero-order valence-corrected chi connectivity index (χ0v) is 9.79. The SMILES string of the molecule is CC(CN)C(O)C1CCCCC1(C)C. The lowest BCUT2D eigenvalue weighted by Crippen LogP contribution is -2.41. The maximum absolute atomic E-state index is 10.2. The third-order valence-electron chi connectivity index (χ3n) is 3.96. The van der Waals surface area contributed by atoms with Gasteiger partial charge in [-0.15, -0.1) is 0 Å². The molecular formula is C12H25NO. The minimum absolute atomic E-state index is 0.213. The van der Waals surface area contributed by atoms with Crippen LogP contribution in [-0.2, 0) is 0 Å². The minimum Gasteiger partial charge on any atom is -0.392 e. The summed E-state index contributed by atoms with van der Waals surface area (Å²) in [6, 6.07) is 0. The quantitative estimate of drug-likeness (QED) is 0.731. The minimum atomic E-state index is -0.213. The molecule has 0 aromatic rings. The molecule has 0 aliphatic heterocycles. The molecule has 3 N–H and O–H groups in total. The van der Waals surface area contributed by atoms with Crippen LogP contribution in [0.4, 0.5) is 0 Å². The second-order valence-electron chi connectivity index (χ2n) is 5.54. The van der Waals surface area contributed by atoms with E-state index in [1.54, 1.807) is 0 Å². The number of nitrogens with two attached hydrogens (primary N) is 1. The Bertz CT molecular complexity index is 179. The van der Waals surface area contributed by atoms with E-state index in [-0.39, 0.29) is 12.0 Å². The molecule has 1 saturated carbocycles. The van der Waals surface area contributed by atoms with Crippen molar-refractivity contribution in [2.24, 2.45) is 23.0 Å². The zero-order chi connectivity index (χ0) is 10.8. The summed E-state index contributed by atoms with van der Waals surface area (Å²) in [5, 5.41) is 10.2. The van der Waals surface area contributed by atoms with Gasteiger partial charge in [-0.2, -0.15) is 0 Å².